The van der Waals surface area contributed by atoms with E-state index in [0.717, 1.165) is 109 Å². The number of carbonyl (C=O) groups excluding carboxylic acids is 2. The predicted octanol–water partition coefficient (Wildman–Crippen LogP) is 15.1. The summed E-state index contributed by atoms with van der Waals surface area (Å²) in [5, 5.41) is 3.00. The molecule has 3 unspecified atom stereocenters. The van der Waals surface area contributed by atoms with Crippen LogP contribution in [0, 0.1) is 0 Å². The van der Waals surface area contributed by atoms with Crippen LogP contribution < -0.4 is 10.2 Å². The second-order valence-corrected chi connectivity index (χ2v) is 20.4. The Kier molecular flexibility index (Phi) is 44.4. The van der Waals surface area contributed by atoms with Crippen LogP contribution in [0.3, 0.4) is 0 Å². The number of allylic oxidation sites excluding steroid dienone is 11. The molecule has 0 aliphatic heterocycles. The first-order valence-electron chi connectivity index (χ1n) is 26.7. The third-order valence-corrected chi connectivity index (χ3v) is 12.3. The van der Waals surface area contributed by atoms with Gasteiger partial charge in [-0.15, -0.1) is 0 Å². The molecule has 0 rings (SSSR count). The van der Waals surface area contributed by atoms with Gasteiger partial charge in [-0.1, -0.05) is 190 Å². The summed E-state index contributed by atoms with van der Waals surface area (Å²) in [6.45, 7) is 6.58. The maximum absolute atomic E-state index is 13.4. The third kappa shape index (κ3) is 46.6. The summed E-state index contributed by atoms with van der Waals surface area (Å²) in [5.74, 6) is -0.581. The Morgan fingerprint density at radius 1 is 0.545 bits per heavy atom. The molecule has 0 spiro atoms. The van der Waals surface area contributed by atoms with Crippen molar-refractivity contribution in [2.24, 2.45) is 0 Å². The lowest BCUT2D eigenvalue weighted by molar-refractivity contribution is -0.870. The number of ether oxygens (including phenoxy) is 1. The first-order valence-corrected chi connectivity index (χ1v) is 28.2. The van der Waals surface area contributed by atoms with Gasteiger partial charge in [-0.3, -0.25) is 14.2 Å². The van der Waals surface area contributed by atoms with Crippen molar-refractivity contribution in [3.05, 3.63) is 72.9 Å². The number of unbranched alkanes of at least 4 members (excludes halogenated alkanes) is 21. The van der Waals surface area contributed by atoms with E-state index < -0.39 is 26.6 Å². The summed E-state index contributed by atoms with van der Waals surface area (Å²) in [6, 6.07) is -0.904. The Hall–Kier alpha value is -2.55. The summed E-state index contributed by atoms with van der Waals surface area (Å²) < 4.78 is 30.1. The number of quaternary nitrogens is 1. The van der Waals surface area contributed by atoms with Gasteiger partial charge in [-0.05, 0) is 89.5 Å². The van der Waals surface area contributed by atoms with Crippen molar-refractivity contribution >= 4 is 19.7 Å². The Balaban J connectivity index is 5.46. The number of amides is 1. The van der Waals surface area contributed by atoms with Gasteiger partial charge in [-0.2, -0.15) is 0 Å². The van der Waals surface area contributed by atoms with Crippen molar-refractivity contribution in [3.8, 4) is 0 Å². The zero-order valence-corrected chi connectivity index (χ0v) is 44.3. The minimum absolute atomic E-state index is 0.0310. The van der Waals surface area contributed by atoms with Crippen molar-refractivity contribution in [2.75, 3.05) is 40.9 Å². The van der Waals surface area contributed by atoms with Crippen molar-refractivity contribution in [1.82, 2.24) is 5.32 Å². The van der Waals surface area contributed by atoms with E-state index in [1.54, 1.807) is 0 Å². The molecule has 0 heterocycles. The topological polar surface area (TPSA) is 114 Å². The van der Waals surface area contributed by atoms with Gasteiger partial charge < -0.3 is 28.5 Å². The van der Waals surface area contributed by atoms with Crippen LogP contribution in [0.2, 0.25) is 0 Å². The zero-order valence-electron chi connectivity index (χ0n) is 43.4. The molecule has 9 nitrogen and oxygen atoms in total. The van der Waals surface area contributed by atoms with Gasteiger partial charge in [-0.25, -0.2) is 0 Å². The average molecular weight is 945 g/mol. The zero-order chi connectivity index (χ0) is 48.7. The molecule has 0 radical (unpaired) electrons. The number of hydrogen-bond acceptors (Lipinski definition) is 7. The highest BCUT2D eigenvalue weighted by Gasteiger charge is 2.27. The van der Waals surface area contributed by atoms with Crippen molar-refractivity contribution in [1.29, 1.82) is 0 Å². The van der Waals surface area contributed by atoms with E-state index in [2.05, 4.69) is 86.8 Å². The molecule has 0 aromatic heterocycles. The molecule has 1 amide bonds. The molecule has 0 bridgehead atoms. The highest BCUT2D eigenvalue weighted by molar-refractivity contribution is 7.45. The van der Waals surface area contributed by atoms with Gasteiger partial charge in [0.15, 0.2) is 0 Å². The van der Waals surface area contributed by atoms with Crippen molar-refractivity contribution < 1.29 is 37.3 Å². The molecule has 10 heteroatoms. The number of phosphoric acid groups is 1. The lowest BCUT2D eigenvalue weighted by Gasteiger charge is -2.30. The summed E-state index contributed by atoms with van der Waals surface area (Å²) in [5.41, 5.74) is 0. The molecular formula is C56H101N2O7P. The standard InChI is InChI=1S/C56H101N2O7P/c1-7-10-13-16-19-22-25-28-30-33-36-39-42-45-48-55(59)57-53(52-64-66(61,62)63-51-50-58(4,5)6)54(47-44-41-38-35-32-27-24-21-18-15-12-9-3)65-56(60)49-46-43-40-37-34-31-29-26-23-20-17-14-11-8-2/h10-11,13-14,19-20,22-23,28,30,44,47,53-54H,7-9,12,15-18,21,24-27,29,31-43,45-46,48-52H2,1-6H3,(H-,57,59,61,62)/b13-10+,14-11+,22-19+,23-20+,30-28+,47-44+. The monoisotopic (exact) mass is 945 g/mol. The Labute approximate surface area is 406 Å². The van der Waals surface area contributed by atoms with E-state index >= 15 is 0 Å². The van der Waals surface area contributed by atoms with E-state index in [9.17, 15) is 19.0 Å². The van der Waals surface area contributed by atoms with Gasteiger partial charge in [0.05, 0.1) is 33.8 Å². The van der Waals surface area contributed by atoms with Crippen LogP contribution >= 0.6 is 7.82 Å². The summed E-state index contributed by atoms with van der Waals surface area (Å²) in [4.78, 5) is 39.7. The number of rotatable bonds is 47. The number of hydrogen-bond donors (Lipinski definition) is 1. The summed E-state index contributed by atoms with van der Waals surface area (Å²) in [7, 11) is 1.15. The van der Waals surface area contributed by atoms with Crippen LogP contribution in [-0.2, 0) is 27.9 Å². The fraction of sp³-hybridized carbons (Fsp3) is 0.750. The molecule has 1 N–H and O–H groups in total. The molecule has 0 aliphatic rings. The molecule has 66 heavy (non-hydrogen) atoms. The summed E-state index contributed by atoms with van der Waals surface area (Å²) >= 11 is 0. The van der Waals surface area contributed by atoms with E-state index in [1.807, 2.05) is 33.3 Å². The second kappa shape index (κ2) is 46.2. The fourth-order valence-electron chi connectivity index (χ4n) is 7.28. The average Bonchev–Trinajstić information content (AvgIpc) is 3.27. The predicted molar refractivity (Wildman–Crippen MR) is 279 cm³/mol. The van der Waals surface area contributed by atoms with Gasteiger partial charge in [0.1, 0.15) is 19.3 Å². The first kappa shape index (κ1) is 63.5. The summed E-state index contributed by atoms with van der Waals surface area (Å²) in [6.07, 6.45) is 57.2. The molecule has 0 aromatic carbocycles. The normalized spacial score (nSPS) is 14.5. The number of phosphoric ester groups is 1. The number of esters is 1. The second-order valence-electron chi connectivity index (χ2n) is 19.0. The van der Waals surface area contributed by atoms with E-state index in [-0.39, 0.29) is 31.3 Å². The number of likely N-dealkylation sites (N-methyl/N-ethyl adjacent to an activating group) is 1. The molecular weight excluding hydrogens is 844 g/mol. The number of nitrogens with one attached hydrogen (secondary N) is 1. The van der Waals surface area contributed by atoms with E-state index in [4.69, 9.17) is 13.8 Å². The van der Waals surface area contributed by atoms with E-state index in [0.29, 0.717) is 17.4 Å². The van der Waals surface area contributed by atoms with Gasteiger partial charge in [0.2, 0.25) is 5.91 Å². The number of nitrogens with zero attached hydrogens (tertiary/aromatic N) is 1. The molecule has 0 aliphatic carbocycles. The smallest absolute Gasteiger partial charge is 0.306 e. The van der Waals surface area contributed by atoms with Gasteiger partial charge >= 0.3 is 5.97 Å². The lowest BCUT2D eigenvalue weighted by atomic mass is 10.0. The first-order chi connectivity index (χ1) is 31.9. The van der Waals surface area contributed by atoms with Crippen molar-refractivity contribution in [2.45, 2.75) is 232 Å². The van der Waals surface area contributed by atoms with Crippen molar-refractivity contribution in [3.63, 3.8) is 0 Å². The number of carbonyl (C=O) groups is 2. The van der Waals surface area contributed by atoms with E-state index in [1.165, 1.54) is 70.6 Å². The highest BCUT2D eigenvalue weighted by Crippen LogP contribution is 2.38. The minimum atomic E-state index is -4.70. The molecule has 0 saturated carbocycles. The van der Waals surface area contributed by atoms with Crippen LogP contribution in [-0.4, -0.2) is 69.4 Å². The van der Waals surface area contributed by atoms with Crippen LogP contribution in [0.15, 0.2) is 72.9 Å². The van der Waals surface area contributed by atoms with Crippen LogP contribution in [0.1, 0.15) is 220 Å². The lowest BCUT2D eigenvalue weighted by Crippen LogP contribution is -2.47. The molecule has 0 saturated heterocycles. The van der Waals surface area contributed by atoms with Crippen LogP contribution in [0.25, 0.3) is 0 Å². The Bertz CT molecular complexity index is 1370. The molecule has 382 valence electrons. The molecule has 0 fully saturated rings. The fourth-order valence-corrected chi connectivity index (χ4v) is 8.00. The SMILES string of the molecule is CC/C=C/C/C=C/C/C=C/CCCCCCC(=O)NC(COP(=O)([O-])OCC[N+](C)(C)C)C(/C=C/CCCCCCCCCCCC)OC(=O)CCCCCCCCC/C=C/C/C=C/CC. The third-order valence-electron chi connectivity index (χ3n) is 11.4. The Morgan fingerprint density at radius 3 is 1.45 bits per heavy atom. The largest absolute Gasteiger partial charge is 0.756 e. The van der Waals surface area contributed by atoms with Crippen LogP contribution in [0.5, 0.6) is 0 Å². The minimum Gasteiger partial charge on any atom is -0.756 e. The van der Waals surface area contributed by atoms with Crippen LogP contribution in [0.4, 0.5) is 0 Å². The quantitative estimate of drug-likeness (QED) is 0.0212. The Morgan fingerprint density at radius 2 is 0.970 bits per heavy atom. The molecule has 3 atom stereocenters. The maximum atomic E-state index is 13.4. The van der Waals surface area contributed by atoms with Gasteiger partial charge in [0, 0.05) is 12.8 Å². The van der Waals surface area contributed by atoms with Gasteiger partial charge in [0.25, 0.3) is 7.82 Å². The molecule has 0 aromatic rings. The highest BCUT2D eigenvalue weighted by atomic mass is 31.2. The maximum Gasteiger partial charge on any atom is 0.306 e.